The van der Waals surface area contributed by atoms with Crippen LogP contribution in [0.5, 0.6) is 11.5 Å². The van der Waals surface area contributed by atoms with E-state index >= 15 is 0 Å². The Hall–Kier alpha value is -4.00. The van der Waals surface area contributed by atoms with Crippen molar-refractivity contribution in [1.29, 1.82) is 0 Å². The van der Waals surface area contributed by atoms with Crippen LogP contribution in [0.1, 0.15) is 34.1 Å². The number of aryl methyl sites for hydroxylation is 2. The second-order valence-corrected chi connectivity index (χ2v) is 7.94. The first kappa shape index (κ1) is 19.9. The number of likely N-dealkylation sites (tertiary alicyclic amines) is 1. The van der Waals surface area contributed by atoms with Gasteiger partial charge >= 0.3 is 0 Å². The molecule has 2 aromatic carbocycles. The number of nitrogens with zero attached hydrogens (tertiary/aromatic N) is 1. The molecule has 0 radical (unpaired) electrons. The molecule has 1 saturated heterocycles. The number of aliphatic hydroxyl groups excluding tert-OH is 1. The SMILES string of the molecule is Cc1ccc(C)c(CN2C(=O)C(=O)/C(=C(\O)c3ccc4c(c3)OCO4)C2c2ccco2)c1. The predicted molar refractivity (Wildman–Crippen MR) is 115 cm³/mol. The minimum Gasteiger partial charge on any atom is -0.507 e. The van der Waals surface area contributed by atoms with Gasteiger partial charge in [0.1, 0.15) is 17.6 Å². The van der Waals surface area contributed by atoms with E-state index in [2.05, 4.69) is 0 Å². The van der Waals surface area contributed by atoms with Gasteiger partial charge in [-0.3, -0.25) is 9.59 Å². The van der Waals surface area contributed by atoms with Crippen LogP contribution in [0, 0.1) is 13.8 Å². The summed E-state index contributed by atoms with van der Waals surface area (Å²) >= 11 is 0. The highest BCUT2D eigenvalue weighted by Gasteiger charge is 2.47. The normalized spacial score (nSPS) is 19.1. The zero-order valence-electron chi connectivity index (χ0n) is 17.6. The summed E-state index contributed by atoms with van der Waals surface area (Å²) in [6.45, 7) is 4.23. The zero-order chi connectivity index (χ0) is 22.4. The summed E-state index contributed by atoms with van der Waals surface area (Å²) in [7, 11) is 0. The molecule has 5 rings (SSSR count). The number of carbonyl (C=O) groups excluding carboxylic acids is 2. The predicted octanol–water partition coefficient (Wildman–Crippen LogP) is 4.25. The van der Waals surface area contributed by atoms with E-state index in [0.29, 0.717) is 22.8 Å². The molecule has 1 amide bonds. The first-order valence-corrected chi connectivity index (χ1v) is 10.2. The number of Topliss-reactive ketones (excluding diaryl/α,β-unsaturated/α-hetero) is 1. The van der Waals surface area contributed by atoms with Gasteiger partial charge in [0.2, 0.25) is 6.79 Å². The van der Waals surface area contributed by atoms with Gasteiger partial charge in [0.15, 0.2) is 11.5 Å². The molecule has 2 aliphatic rings. The minimum absolute atomic E-state index is 0.0193. The number of furan rings is 1. The van der Waals surface area contributed by atoms with Crippen LogP contribution in [-0.4, -0.2) is 28.5 Å². The molecule has 32 heavy (non-hydrogen) atoms. The van der Waals surface area contributed by atoms with Crippen LogP contribution in [0.15, 0.2) is 64.8 Å². The van der Waals surface area contributed by atoms with Gasteiger partial charge in [0, 0.05) is 12.1 Å². The van der Waals surface area contributed by atoms with Gasteiger partial charge in [-0.2, -0.15) is 0 Å². The average molecular weight is 431 g/mol. The van der Waals surface area contributed by atoms with E-state index in [0.717, 1.165) is 16.7 Å². The lowest BCUT2D eigenvalue weighted by Crippen LogP contribution is -2.29. The number of ether oxygens (including phenoxy) is 2. The molecule has 1 fully saturated rings. The Bertz CT molecular complexity index is 1260. The van der Waals surface area contributed by atoms with Crippen molar-refractivity contribution in [3.8, 4) is 11.5 Å². The number of rotatable bonds is 4. The summed E-state index contributed by atoms with van der Waals surface area (Å²) in [5, 5.41) is 11.1. The van der Waals surface area contributed by atoms with Crippen molar-refractivity contribution in [1.82, 2.24) is 4.90 Å². The van der Waals surface area contributed by atoms with Gasteiger partial charge in [0.25, 0.3) is 11.7 Å². The second kappa shape index (κ2) is 7.60. The summed E-state index contributed by atoms with van der Waals surface area (Å²) in [5.41, 5.74) is 3.32. The third-order valence-corrected chi connectivity index (χ3v) is 5.84. The molecule has 3 heterocycles. The molecule has 1 aromatic heterocycles. The number of amides is 1. The van der Waals surface area contributed by atoms with Gasteiger partial charge in [-0.25, -0.2) is 0 Å². The fourth-order valence-corrected chi connectivity index (χ4v) is 4.14. The third-order valence-electron chi connectivity index (χ3n) is 5.84. The summed E-state index contributed by atoms with van der Waals surface area (Å²) < 4.78 is 16.3. The van der Waals surface area contributed by atoms with Gasteiger partial charge in [-0.1, -0.05) is 23.8 Å². The molecule has 1 unspecified atom stereocenters. The van der Waals surface area contributed by atoms with Gasteiger partial charge in [-0.15, -0.1) is 0 Å². The monoisotopic (exact) mass is 431 g/mol. The topological polar surface area (TPSA) is 89.2 Å². The molecule has 7 heteroatoms. The van der Waals surface area contributed by atoms with E-state index in [1.165, 1.54) is 11.2 Å². The largest absolute Gasteiger partial charge is 0.507 e. The van der Waals surface area contributed by atoms with E-state index in [9.17, 15) is 14.7 Å². The second-order valence-electron chi connectivity index (χ2n) is 7.94. The smallest absolute Gasteiger partial charge is 0.296 e. The highest BCUT2D eigenvalue weighted by atomic mass is 16.7. The average Bonchev–Trinajstić information content (AvgIpc) is 3.52. The Labute approximate surface area is 184 Å². The number of aliphatic hydroxyl groups is 1. The summed E-state index contributed by atoms with van der Waals surface area (Å²) in [5.74, 6) is -0.308. The molecule has 162 valence electrons. The molecule has 0 spiro atoms. The maximum absolute atomic E-state index is 13.1. The summed E-state index contributed by atoms with van der Waals surface area (Å²) in [4.78, 5) is 27.6. The van der Waals surface area contributed by atoms with Crippen LogP contribution < -0.4 is 9.47 Å². The fourth-order valence-electron chi connectivity index (χ4n) is 4.14. The number of hydrogen-bond donors (Lipinski definition) is 1. The van der Waals surface area contributed by atoms with Crippen LogP contribution in [0.25, 0.3) is 5.76 Å². The van der Waals surface area contributed by atoms with Crippen LogP contribution >= 0.6 is 0 Å². The first-order chi connectivity index (χ1) is 15.4. The molecule has 3 aromatic rings. The van der Waals surface area contributed by atoms with E-state index < -0.39 is 17.7 Å². The molecule has 0 aliphatic carbocycles. The lowest BCUT2D eigenvalue weighted by atomic mass is 9.98. The number of hydrogen-bond acceptors (Lipinski definition) is 6. The highest BCUT2D eigenvalue weighted by Crippen LogP contribution is 2.42. The van der Waals surface area contributed by atoms with E-state index in [4.69, 9.17) is 13.9 Å². The van der Waals surface area contributed by atoms with Crippen molar-refractivity contribution in [3.05, 3.63) is 88.4 Å². The number of benzene rings is 2. The quantitative estimate of drug-likeness (QED) is 0.377. The first-order valence-electron chi connectivity index (χ1n) is 10.2. The van der Waals surface area contributed by atoms with Gasteiger partial charge in [-0.05, 0) is 55.3 Å². The van der Waals surface area contributed by atoms with Crippen LogP contribution in [0.3, 0.4) is 0 Å². The van der Waals surface area contributed by atoms with Gasteiger partial charge < -0.3 is 23.9 Å². The lowest BCUT2D eigenvalue weighted by molar-refractivity contribution is -0.140. The Balaban J connectivity index is 1.62. The van der Waals surface area contributed by atoms with Crippen molar-refractivity contribution in [3.63, 3.8) is 0 Å². The maximum atomic E-state index is 13.1. The van der Waals surface area contributed by atoms with Gasteiger partial charge in [0.05, 0.1) is 11.8 Å². The third kappa shape index (κ3) is 3.22. The molecule has 1 N–H and O–H groups in total. The van der Waals surface area contributed by atoms with Crippen molar-refractivity contribution < 1.29 is 28.6 Å². The standard InChI is InChI=1S/C25H21NO6/c1-14-5-6-15(2)17(10-14)12-26-22(19-4-3-9-30-19)21(24(28)25(26)29)23(27)16-7-8-18-20(11-16)32-13-31-18/h3-11,22,27H,12-13H2,1-2H3/b23-21-. The molecular formula is C25H21NO6. The Morgan fingerprint density at radius 1 is 1.06 bits per heavy atom. The van der Waals surface area contributed by atoms with Crippen LogP contribution in [0.2, 0.25) is 0 Å². The van der Waals surface area contributed by atoms with Crippen LogP contribution in [-0.2, 0) is 16.1 Å². The lowest BCUT2D eigenvalue weighted by Gasteiger charge is -2.24. The fraction of sp³-hybridized carbons (Fsp3) is 0.200. The molecular weight excluding hydrogens is 410 g/mol. The summed E-state index contributed by atoms with van der Waals surface area (Å²) in [6.07, 6.45) is 1.48. The zero-order valence-corrected chi connectivity index (χ0v) is 17.6. The Kier molecular flexibility index (Phi) is 4.74. The summed E-state index contributed by atoms with van der Waals surface area (Å²) in [6, 6.07) is 13.4. The molecule has 1 atom stereocenters. The molecule has 2 aliphatic heterocycles. The van der Waals surface area contributed by atoms with E-state index in [1.807, 2.05) is 32.0 Å². The highest BCUT2D eigenvalue weighted by molar-refractivity contribution is 6.46. The van der Waals surface area contributed by atoms with Crippen molar-refractivity contribution in [2.24, 2.45) is 0 Å². The van der Waals surface area contributed by atoms with Crippen molar-refractivity contribution in [2.45, 2.75) is 26.4 Å². The number of ketones is 1. The van der Waals surface area contributed by atoms with Crippen LogP contribution in [0.4, 0.5) is 0 Å². The number of fused-ring (bicyclic) bond motifs is 1. The maximum Gasteiger partial charge on any atom is 0.296 e. The van der Waals surface area contributed by atoms with E-state index in [1.54, 1.807) is 30.3 Å². The Morgan fingerprint density at radius 2 is 1.88 bits per heavy atom. The Morgan fingerprint density at radius 3 is 2.66 bits per heavy atom. The molecule has 0 saturated carbocycles. The molecule has 7 nitrogen and oxygen atoms in total. The van der Waals surface area contributed by atoms with Crippen molar-refractivity contribution >= 4 is 17.4 Å². The molecule has 0 bridgehead atoms. The minimum atomic E-state index is -0.852. The van der Waals surface area contributed by atoms with Crippen molar-refractivity contribution in [2.75, 3.05) is 6.79 Å². The number of carbonyl (C=O) groups is 2. The van der Waals surface area contributed by atoms with E-state index in [-0.39, 0.29) is 24.7 Å².